The summed E-state index contributed by atoms with van der Waals surface area (Å²) in [5.74, 6) is 0. The minimum Gasteiger partial charge on any atom is -1.00 e. The highest BCUT2D eigenvalue weighted by atomic mass is 79.9. The molecule has 0 fully saturated rings. The van der Waals surface area contributed by atoms with Crippen LogP contribution in [0.25, 0.3) is 10.6 Å². The van der Waals surface area contributed by atoms with Crippen LogP contribution in [-0.2, 0) is 6.54 Å². The first-order chi connectivity index (χ1) is 8.92. The SMILES string of the molecule is [Br-].c1ccc(C[n+]2csc(-c3ccccc3)n2)cc1. The van der Waals surface area contributed by atoms with E-state index < -0.39 is 0 Å². The van der Waals surface area contributed by atoms with Gasteiger partial charge in [0.1, 0.15) is 0 Å². The maximum absolute atomic E-state index is 4.61. The van der Waals surface area contributed by atoms with E-state index in [1.54, 1.807) is 11.3 Å². The van der Waals surface area contributed by atoms with Crippen LogP contribution in [0.15, 0.2) is 66.2 Å². The van der Waals surface area contributed by atoms with Crippen LogP contribution >= 0.6 is 11.3 Å². The van der Waals surface area contributed by atoms with Crippen molar-refractivity contribution < 1.29 is 21.7 Å². The molecule has 0 unspecified atom stereocenters. The first kappa shape index (κ1) is 13.9. The van der Waals surface area contributed by atoms with E-state index >= 15 is 0 Å². The number of nitrogens with zero attached hydrogens (tertiary/aromatic N) is 2. The fraction of sp³-hybridized carbons (Fsp3) is 0.0667. The van der Waals surface area contributed by atoms with Crippen molar-refractivity contribution in [2.75, 3.05) is 0 Å². The van der Waals surface area contributed by atoms with Crippen molar-refractivity contribution in [1.29, 1.82) is 0 Å². The summed E-state index contributed by atoms with van der Waals surface area (Å²) in [5, 5.41) is 5.67. The van der Waals surface area contributed by atoms with Crippen LogP contribution in [0.1, 0.15) is 5.56 Å². The molecule has 2 aromatic carbocycles. The molecule has 0 bridgehead atoms. The summed E-state index contributed by atoms with van der Waals surface area (Å²) in [6, 6.07) is 20.7. The van der Waals surface area contributed by atoms with E-state index in [0.29, 0.717) is 0 Å². The standard InChI is InChI=1S/C15H13N2S.BrH/c1-3-7-13(8-4-1)11-17-12-18-15(16-17)14-9-5-2-6-10-14;/h1-10,12H,11H2;1H/q+1;/p-1. The average molecular weight is 333 g/mol. The molecule has 2 nitrogen and oxygen atoms in total. The Morgan fingerprint density at radius 3 is 2.21 bits per heavy atom. The van der Waals surface area contributed by atoms with E-state index in [4.69, 9.17) is 0 Å². The zero-order valence-corrected chi connectivity index (χ0v) is 12.6. The molecule has 1 aromatic heterocycles. The predicted octanol–water partition coefficient (Wildman–Crippen LogP) is 0.150. The molecule has 0 N–H and O–H groups in total. The normalized spacial score (nSPS) is 9.89. The van der Waals surface area contributed by atoms with Gasteiger partial charge in [0.15, 0.2) is 5.01 Å². The van der Waals surface area contributed by atoms with Gasteiger partial charge in [-0.15, -0.1) is 0 Å². The molecule has 3 rings (SSSR count). The molecule has 0 atom stereocenters. The maximum atomic E-state index is 4.61. The Balaban J connectivity index is 0.00000133. The molecule has 1 heterocycles. The van der Waals surface area contributed by atoms with Gasteiger partial charge in [-0.1, -0.05) is 65.3 Å². The van der Waals surface area contributed by atoms with Gasteiger partial charge in [-0.3, -0.25) is 0 Å². The summed E-state index contributed by atoms with van der Waals surface area (Å²) in [4.78, 5) is 0. The number of rotatable bonds is 3. The van der Waals surface area contributed by atoms with Crippen molar-refractivity contribution in [2.45, 2.75) is 6.54 Å². The van der Waals surface area contributed by atoms with Gasteiger partial charge >= 0.3 is 0 Å². The summed E-state index contributed by atoms with van der Waals surface area (Å²) in [7, 11) is 0. The predicted molar refractivity (Wildman–Crippen MR) is 73.3 cm³/mol. The molecule has 0 radical (unpaired) electrons. The zero-order valence-electron chi connectivity index (χ0n) is 10.2. The quantitative estimate of drug-likeness (QED) is 0.624. The molecule has 96 valence electrons. The lowest BCUT2D eigenvalue weighted by Gasteiger charge is -1.92. The highest BCUT2D eigenvalue weighted by Gasteiger charge is 2.11. The molecular weight excluding hydrogens is 320 g/mol. The second-order valence-electron chi connectivity index (χ2n) is 4.08. The Morgan fingerprint density at radius 1 is 0.895 bits per heavy atom. The summed E-state index contributed by atoms with van der Waals surface area (Å²) in [6.45, 7) is 0.824. The molecular formula is C15H13BrN2S. The third kappa shape index (κ3) is 3.49. The lowest BCUT2D eigenvalue weighted by molar-refractivity contribution is -0.740. The Kier molecular flexibility index (Phi) is 4.82. The number of hydrogen-bond donors (Lipinski definition) is 0. The summed E-state index contributed by atoms with van der Waals surface area (Å²) >= 11 is 1.67. The van der Waals surface area contributed by atoms with Crippen LogP contribution in [0, 0.1) is 0 Å². The lowest BCUT2D eigenvalue weighted by Crippen LogP contribution is -3.00. The molecule has 0 saturated heterocycles. The average Bonchev–Trinajstić information content (AvgIpc) is 2.89. The second-order valence-corrected chi connectivity index (χ2v) is 4.91. The second kappa shape index (κ2) is 6.59. The molecule has 0 amide bonds. The van der Waals surface area contributed by atoms with Crippen LogP contribution in [0.3, 0.4) is 0 Å². The van der Waals surface area contributed by atoms with Crippen molar-refractivity contribution in [3.05, 3.63) is 71.7 Å². The molecule has 0 spiro atoms. The third-order valence-corrected chi connectivity index (χ3v) is 3.60. The molecule has 0 aliphatic carbocycles. The van der Waals surface area contributed by atoms with E-state index in [9.17, 15) is 0 Å². The van der Waals surface area contributed by atoms with E-state index in [-0.39, 0.29) is 17.0 Å². The summed E-state index contributed by atoms with van der Waals surface area (Å²) in [6.07, 6.45) is 0. The Labute approximate surface area is 127 Å². The molecule has 19 heavy (non-hydrogen) atoms. The monoisotopic (exact) mass is 332 g/mol. The van der Waals surface area contributed by atoms with E-state index in [1.165, 1.54) is 11.1 Å². The van der Waals surface area contributed by atoms with Gasteiger partial charge in [0.2, 0.25) is 6.54 Å². The number of benzene rings is 2. The van der Waals surface area contributed by atoms with E-state index in [2.05, 4.69) is 47.0 Å². The first-order valence-corrected chi connectivity index (χ1v) is 6.74. The van der Waals surface area contributed by atoms with Crippen LogP contribution in [0.5, 0.6) is 0 Å². The zero-order chi connectivity index (χ0) is 12.2. The minimum atomic E-state index is 0. The molecule has 0 aliphatic rings. The van der Waals surface area contributed by atoms with Crippen molar-refractivity contribution in [1.82, 2.24) is 5.10 Å². The molecule has 3 aromatic rings. The third-order valence-electron chi connectivity index (χ3n) is 2.71. The molecule has 0 saturated carbocycles. The molecule has 0 aliphatic heterocycles. The topological polar surface area (TPSA) is 16.8 Å². The lowest BCUT2D eigenvalue weighted by atomic mass is 10.2. The first-order valence-electron chi connectivity index (χ1n) is 5.86. The largest absolute Gasteiger partial charge is 1.00 e. The van der Waals surface area contributed by atoms with Crippen molar-refractivity contribution in [3.63, 3.8) is 0 Å². The fourth-order valence-corrected chi connectivity index (χ4v) is 2.59. The smallest absolute Gasteiger partial charge is 0.253 e. The summed E-state index contributed by atoms with van der Waals surface area (Å²) < 4.78 is 1.99. The number of hydrogen-bond acceptors (Lipinski definition) is 2. The van der Waals surface area contributed by atoms with Gasteiger partial charge in [0, 0.05) is 16.2 Å². The highest BCUT2D eigenvalue weighted by Crippen LogP contribution is 2.18. The van der Waals surface area contributed by atoms with Gasteiger partial charge in [-0.25, -0.2) is 0 Å². The van der Waals surface area contributed by atoms with Gasteiger partial charge in [0.05, 0.1) is 0 Å². The Bertz CT molecular complexity index is 623. The van der Waals surface area contributed by atoms with E-state index in [0.717, 1.165) is 11.6 Å². The van der Waals surface area contributed by atoms with Gasteiger partial charge in [0.25, 0.3) is 5.51 Å². The van der Waals surface area contributed by atoms with Crippen molar-refractivity contribution in [2.24, 2.45) is 0 Å². The van der Waals surface area contributed by atoms with Crippen molar-refractivity contribution in [3.8, 4) is 10.6 Å². The number of halogens is 1. The fourth-order valence-electron chi connectivity index (χ4n) is 1.82. The summed E-state index contributed by atoms with van der Waals surface area (Å²) in [5.41, 5.74) is 4.51. The Hall–Kier alpha value is -1.52. The number of aromatic nitrogens is 2. The van der Waals surface area contributed by atoms with Gasteiger partial charge < -0.3 is 17.0 Å². The van der Waals surface area contributed by atoms with E-state index in [1.807, 2.05) is 28.9 Å². The highest BCUT2D eigenvalue weighted by molar-refractivity contribution is 7.12. The Morgan fingerprint density at radius 2 is 1.53 bits per heavy atom. The van der Waals surface area contributed by atoms with Crippen LogP contribution < -0.4 is 21.7 Å². The minimum absolute atomic E-state index is 0. The van der Waals surface area contributed by atoms with Gasteiger partial charge in [-0.2, -0.15) is 0 Å². The van der Waals surface area contributed by atoms with Crippen LogP contribution in [-0.4, -0.2) is 5.10 Å². The van der Waals surface area contributed by atoms with Gasteiger partial charge in [-0.05, 0) is 11.3 Å². The van der Waals surface area contributed by atoms with Crippen molar-refractivity contribution >= 4 is 11.3 Å². The molecule has 4 heteroatoms. The maximum Gasteiger partial charge on any atom is 0.253 e. The van der Waals surface area contributed by atoms with Crippen LogP contribution in [0.4, 0.5) is 0 Å². The van der Waals surface area contributed by atoms with Crippen LogP contribution in [0.2, 0.25) is 0 Å².